The molecule has 0 unspecified atom stereocenters. The Kier molecular flexibility index (Phi) is 4.43. The third-order valence-corrected chi connectivity index (χ3v) is 5.25. The Bertz CT molecular complexity index is 900. The molecule has 3 aromatic rings. The normalized spacial score (nSPS) is 10.0. The fourth-order valence-corrected chi connectivity index (χ4v) is 3.67. The molecule has 0 fully saturated rings. The van der Waals surface area contributed by atoms with Crippen LogP contribution in [0.15, 0.2) is 24.3 Å². The Hall–Kier alpha value is -2.94. The van der Waals surface area contributed by atoms with Gasteiger partial charge >= 0.3 is 0 Å². The predicted octanol–water partition coefficient (Wildman–Crippen LogP) is 3.69. The topological polar surface area (TPSA) is 91.8 Å². The van der Waals surface area contributed by atoms with Gasteiger partial charge in [0, 0.05) is 0 Å². The van der Waals surface area contributed by atoms with E-state index >= 15 is 0 Å². The molecule has 3 aromatic heterocycles. The first kappa shape index (κ1) is 15.9. The van der Waals surface area contributed by atoms with Crippen molar-refractivity contribution < 1.29 is 9.47 Å². The van der Waals surface area contributed by atoms with Crippen molar-refractivity contribution in [3.63, 3.8) is 0 Å². The maximum atomic E-state index is 9.23. The lowest BCUT2D eigenvalue weighted by Gasteiger charge is -2.06. The van der Waals surface area contributed by atoms with Gasteiger partial charge in [-0.15, -0.1) is 0 Å². The second kappa shape index (κ2) is 6.67. The van der Waals surface area contributed by atoms with Crippen LogP contribution in [0.2, 0.25) is 0 Å². The van der Waals surface area contributed by atoms with Crippen LogP contribution in [0.1, 0.15) is 11.4 Å². The van der Waals surface area contributed by atoms with E-state index in [9.17, 15) is 10.5 Å². The molecule has 118 valence electrons. The number of nitrogens with zero attached hydrogens (tertiary/aromatic N) is 4. The van der Waals surface area contributed by atoms with Crippen LogP contribution in [0.4, 0.5) is 0 Å². The van der Waals surface area contributed by atoms with Crippen molar-refractivity contribution in [2.45, 2.75) is 0 Å². The molecule has 24 heavy (non-hydrogen) atoms. The van der Waals surface area contributed by atoms with Gasteiger partial charge in [0.1, 0.15) is 23.5 Å². The van der Waals surface area contributed by atoms with Gasteiger partial charge in [0.2, 0.25) is 0 Å². The van der Waals surface area contributed by atoms with E-state index < -0.39 is 0 Å². The number of hydrogen-bond donors (Lipinski definition) is 0. The molecule has 0 bridgehead atoms. The van der Waals surface area contributed by atoms with Crippen LogP contribution >= 0.6 is 22.7 Å². The maximum absolute atomic E-state index is 9.23. The second-order valence-electron chi connectivity index (χ2n) is 4.49. The van der Waals surface area contributed by atoms with E-state index in [1.165, 1.54) is 22.7 Å². The number of nitriles is 2. The zero-order valence-electron chi connectivity index (χ0n) is 12.7. The van der Waals surface area contributed by atoms with Gasteiger partial charge in [0.15, 0.2) is 21.5 Å². The largest absolute Gasteiger partial charge is 0.487 e. The average Bonchev–Trinajstić information content (AvgIpc) is 3.29. The van der Waals surface area contributed by atoms with Crippen molar-refractivity contribution in [1.29, 1.82) is 10.5 Å². The fraction of sp³-hybridized carbons (Fsp3) is 0.125. The molecule has 0 aliphatic heterocycles. The summed E-state index contributed by atoms with van der Waals surface area (Å²) in [5.41, 5.74) is 1.10. The van der Waals surface area contributed by atoms with E-state index in [2.05, 4.69) is 9.97 Å². The van der Waals surface area contributed by atoms with Crippen molar-refractivity contribution in [3.8, 4) is 43.4 Å². The summed E-state index contributed by atoms with van der Waals surface area (Å²) in [7, 11) is 3.18. The molecule has 0 aliphatic rings. The van der Waals surface area contributed by atoms with E-state index in [4.69, 9.17) is 9.47 Å². The van der Waals surface area contributed by atoms with Crippen LogP contribution in [-0.4, -0.2) is 24.2 Å². The predicted molar refractivity (Wildman–Crippen MR) is 91.2 cm³/mol. The van der Waals surface area contributed by atoms with Gasteiger partial charge in [-0.05, 0) is 24.3 Å². The van der Waals surface area contributed by atoms with Crippen molar-refractivity contribution in [2.75, 3.05) is 14.2 Å². The minimum Gasteiger partial charge on any atom is -0.487 e. The zero-order chi connectivity index (χ0) is 17.1. The first-order valence-corrected chi connectivity index (χ1v) is 8.34. The molecule has 3 heterocycles. The van der Waals surface area contributed by atoms with Gasteiger partial charge in [0.25, 0.3) is 0 Å². The van der Waals surface area contributed by atoms with Gasteiger partial charge in [-0.1, -0.05) is 22.7 Å². The van der Waals surface area contributed by atoms with Gasteiger partial charge in [-0.25, -0.2) is 9.97 Å². The van der Waals surface area contributed by atoms with Gasteiger partial charge < -0.3 is 9.47 Å². The highest BCUT2D eigenvalue weighted by molar-refractivity contribution is 7.18. The Balaban J connectivity index is 2.25. The summed E-state index contributed by atoms with van der Waals surface area (Å²) in [6.45, 7) is 0. The number of hydrogen-bond acceptors (Lipinski definition) is 8. The molecular formula is C16H10N4O2S2. The Morgan fingerprint density at radius 2 is 1.21 bits per heavy atom. The molecule has 0 atom stereocenters. The monoisotopic (exact) mass is 354 g/mol. The van der Waals surface area contributed by atoms with Crippen molar-refractivity contribution in [3.05, 3.63) is 35.7 Å². The summed E-state index contributed by atoms with van der Waals surface area (Å²) >= 11 is 2.79. The molecule has 0 spiro atoms. The van der Waals surface area contributed by atoms with E-state index in [-0.39, 0.29) is 11.4 Å². The van der Waals surface area contributed by atoms with E-state index in [1.54, 1.807) is 14.2 Å². The Morgan fingerprint density at radius 3 is 1.50 bits per heavy atom. The summed E-state index contributed by atoms with van der Waals surface area (Å²) < 4.78 is 10.4. The molecular weight excluding hydrogens is 344 g/mol. The molecule has 0 aromatic carbocycles. The number of rotatable bonds is 4. The average molecular weight is 354 g/mol. The molecule has 0 radical (unpaired) electrons. The van der Waals surface area contributed by atoms with Crippen LogP contribution in [0.25, 0.3) is 21.1 Å². The lowest BCUT2D eigenvalue weighted by molar-refractivity contribution is 0.427. The highest BCUT2D eigenvalue weighted by Gasteiger charge is 2.19. The smallest absolute Gasteiger partial charge is 0.177 e. The number of thiophene rings is 2. The van der Waals surface area contributed by atoms with Crippen molar-refractivity contribution in [2.24, 2.45) is 0 Å². The minimum absolute atomic E-state index is 0.00661. The van der Waals surface area contributed by atoms with Crippen LogP contribution in [0.5, 0.6) is 10.1 Å². The molecule has 0 amide bonds. The van der Waals surface area contributed by atoms with Gasteiger partial charge in [-0.3, -0.25) is 0 Å². The third kappa shape index (κ3) is 2.81. The van der Waals surface area contributed by atoms with E-state index in [0.29, 0.717) is 11.4 Å². The van der Waals surface area contributed by atoms with Gasteiger partial charge in [0.05, 0.1) is 24.0 Å². The molecule has 6 nitrogen and oxygen atoms in total. The van der Waals surface area contributed by atoms with Crippen LogP contribution < -0.4 is 9.47 Å². The van der Waals surface area contributed by atoms with Crippen LogP contribution in [0, 0.1) is 22.7 Å². The van der Waals surface area contributed by atoms with Gasteiger partial charge in [-0.2, -0.15) is 10.5 Å². The van der Waals surface area contributed by atoms with Crippen LogP contribution in [0.3, 0.4) is 0 Å². The summed E-state index contributed by atoms with van der Waals surface area (Å²) in [4.78, 5) is 10.3. The standard InChI is InChI=1S/C16H10N4O2S2/c1-21-13-5-3-11(23-13)15-16(12-4-6-14(22-2)24-12)20-10(8-18)9(7-17)19-15/h3-6H,1-2H3. The summed E-state index contributed by atoms with van der Waals surface area (Å²) in [5, 5.41) is 19.9. The zero-order valence-corrected chi connectivity index (χ0v) is 14.4. The number of aromatic nitrogens is 2. The van der Waals surface area contributed by atoms with E-state index in [1.807, 2.05) is 36.4 Å². The Morgan fingerprint density at radius 1 is 0.792 bits per heavy atom. The van der Waals surface area contributed by atoms with Crippen molar-refractivity contribution >= 4 is 22.7 Å². The second-order valence-corrected chi connectivity index (χ2v) is 6.58. The Labute approximate surface area is 146 Å². The highest BCUT2D eigenvalue weighted by Crippen LogP contribution is 2.40. The molecule has 0 aliphatic carbocycles. The highest BCUT2D eigenvalue weighted by atomic mass is 32.1. The SMILES string of the molecule is COc1ccc(-c2nc(C#N)c(C#N)nc2-c2ccc(OC)s2)s1. The lowest BCUT2D eigenvalue weighted by Crippen LogP contribution is -1.99. The fourth-order valence-electron chi connectivity index (χ4n) is 2.05. The summed E-state index contributed by atoms with van der Waals surface area (Å²) in [6.07, 6.45) is 0. The number of ether oxygens (including phenoxy) is 2. The number of methoxy groups -OCH3 is 2. The molecule has 0 saturated carbocycles. The molecule has 3 rings (SSSR count). The summed E-state index contributed by atoms with van der Waals surface area (Å²) in [5.74, 6) is 0. The minimum atomic E-state index is 0.00661. The summed E-state index contributed by atoms with van der Waals surface area (Å²) in [6, 6.07) is 11.2. The van der Waals surface area contributed by atoms with E-state index in [0.717, 1.165) is 19.9 Å². The van der Waals surface area contributed by atoms with Crippen LogP contribution in [-0.2, 0) is 0 Å². The quantitative estimate of drug-likeness (QED) is 0.709. The van der Waals surface area contributed by atoms with Crippen molar-refractivity contribution in [1.82, 2.24) is 9.97 Å². The first-order chi connectivity index (χ1) is 11.7. The first-order valence-electron chi connectivity index (χ1n) is 6.70. The third-order valence-electron chi connectivity index (χ3n) is 3.14. The molecule has 0 N–H and O–H groups in total. The lowest BCUT2D eigenvalue weighted by atomic mass is 10.2. The maximum Gasteiger partial charge on any atom is 0.177 e. The molecule has 8 heteroatoms. The molecule has 0 saturated heterocycles.